The summed E-state index contributed by atoms with van der Waals surface area (Å²) in [6, 6.07) is 2.16. The molecule has 0 unspecified atom stereocenters. The Morgan fingerprint density at radius 3 is 2.88 bits per heavy atom. The van der Waals surface area contributed by atoms with Gasteiger partial charge in [-0.2, -0.15) is 5.10 Å². The molecule has 90 valence electrons. The number of alkyl halides is 1. The number of ether oxygens (including phenoxy) is 1. The van der Waals surface area contributed by atoms with Crippen molar-refractivity contribution >= 4 is 11.6 Å². The van der Waals surface area contributed by atoms with E-state index >= 15 is 0 Å². The molecule has 0 atom stereocenters. The van der Waals surface area contributed by atoms with Crippen LogP contribution in [-0.2, 0) is 5.88 Å². The molecular formula is C12H14ClN3O. The number of hydrogen-bond acceptors (Lipinski definition) is 3. The third kappa shape index (κ3) is 2.77. The van der Waals surface area contributed by atoms with Crippen molar-refractivity contribution < 1.29 is 4.74 Å². The van der Waals surface area contributed by atoms with E-state index < -0.39 is 0 Å². The average molecular weight is 252 g/mol. The van der Waals surface area contributed by atoms with Crippen LogP contribution in [0.3, 0.4) is 0 Å². The zero-order valence-electron chi connectivity index (χ0n) is 9.80. The van der Waals surface area contributed by atoms with Crippen molar-refractivity contribution in [1.29, 1.82) is 0 Å². The van der Waals surface area contributed by atoms with Gasteiger partial charge >= 0.3 is 0 Å². The number of aromatic nitrogens is 3. The molecule has 2 aromatic heterocycles. The second-order valence-corrected chi connectivity index (χ2v) is 4.24. The Kier molecular flexibility index (Phi) is 3.64. The molecule has 0 bridgehead atoms. The Hall–Kier alpha value is -1.55. The minimum Gasteiger partial charge on any atom is -0.452 e. The lowest BCUT2D eigenvalue weighted by Gasteiger charge is -2.06. The lowest BCUT2D eigenvalue weighted by Crippen LogP contribution is -1.99. The van der Waals surface area contributed by atoms with Gasteiger partial charge in [0.1, 0.15) is 5.75 Å². The zero-order chi connectivity index (χ0) is 12.3. The Bertz CT molecular complexity index is 496. The maximum Gasteiger partial charge on any atom is 0.165 e. The van der Waals surface area contributed by atoms with Gasteiger partial charge < -0.3 is 4.74 Å². The highest BCUT2D eigenvalue weighted by Crippen LogP contribution is 2.25. The summed E-state index contributed by atoms with van der Waals surface area (Å²) in [5.41, 5.74) is 0.916. The van der Waals surface area contributed by atoms with Crippen molar-refractivity contribution in [3.63, 3.8) is 0 Å². The standard InChI is InChI=1S/C12H14ClN3O/c1-9(2)16-8-11(6-15-16)17-12-7-14-4-3-10(12)5-13/h3-4,6-9H,5H2,1-2H3. The van der Waals surface area contributed by atoms with Gasteiger partial charge in [-0.15, -0.1) is 11.6 Å². The number of pyridine rings is 1. The Balaban J connectivity index is 2.19. The fourth-order valence-electron chi connectivity index (χ4n) is 1.39. The molecule has 2 aromatic rings. The van der Waals surface area contributed by atoms with Crippen molar-refractivity contribution in [3.8, 4) is 11.5 Å². The first-order valence-corrected chi connectivity index (χ1v) is 5.95. The van der Waals surface area contributed by atoms with Gasteiger partial charge in [0, 0.05) is 17.8 Å². The van der Waals surface area contributed by atoms with Crippen molar-refractivity contribution in [2.75, 3.05) is 0 Å². The maximum absolute atomic E-state index is 5.83. The van der Waals surface area contributed by atoms with Gasteiger partial charge in [-0.25, -0.2) is 0 Å². The lowest BCUT2D eigenvalue weighted by atomic mass is 10.3. The van der Waals surface area contributed by atoms with E-state index in [1.165, 1.54) is 0 Å². The van der Waals surface area contributed by atoms with Crippen LogP contribution in [0.4, 0.5) is 0 Å². The average Bonchev–Trinajstić information content (AvgIpc) is 2.78. The van der Waals surface area contributed by atoms with E-state index in [0.717, 1.165) is 5.56 Å². The Labute approximate surface area is 105 Å². The zero-order valence-corrected chi connectivity index (χ0v) is 10.6. The normalized spacial score (nSPS) is 10.8. The van der Waals surface area contributed by atoms with Gasteiger partial charge in [0.2, 0.25) is 0 Å². The molecule has 4 nitrogen and oxygen atoms in total. The fourth-order valence-corrected chi connectivity index (χ4v) is 1.61. The molecule has 17 heavy (non-hydrogen) atoms. The van der Waals surface area contributed by atoms with Crippen LogP contribution in [0, 0.1) is 0 Å². The molecule has 0 amide bonds. The van der Waals surface area contributed by atoms with E-state index in [2.05, 4.69) is 23.9 Å². The summed E-state index contributed by atoms with van der Waals surface area (Å²) in [7, 11) is 0. The molecule has 0 saturated carbocycles. The summed E-state index contributed by atoms with van der Waals surface area (Å²) in [6.07, 6.45) is 6.90. The summed E-state index contributed by atoms with van der Waals surface area (Å²) >= 11 is 5.83. The predicted molar refractivity (Wildman–Crippen MR) is 66.5 cm³/mol. The number of nitrogens with zero attached hydrogens (tertiary/aromatic N) is 3. The van der Waals surface area contributed by atoms with E-state index in [4.69, 9.17) is 16.3 Å². The third-order valence-electron chi connectivity index (χ3n) is 2.35. The molecule has 0 spiro atoms. The highest BCUT2D eigenvalue weighted by Gasteiger charge is 2.07. The van der Waals surface area contributed by atoms with Gasteiger partial charge in [-0.05, 0) is 19.9 Å². The van der Waals surface area contributed by atoms with Crippen LogP contribution in [-0.4, -0.2) is 14.8 Å². The first-order valence-electron chi connectivity index (χ1n) is 5.41. The topological polar surface area (TPSA) is 39.9 Å². The van der Waals surface area contributed by atoms with Crippen LogP contribution >= 0.6 is 11.6 Å². The molecular weight excluding hydrogens is 238 g/mol. The second kappa shape index (κ2) is 5.19. The number of halogens is 1. The lowest BCUT2D eigenvalue weighted by molar-refractivity contribution is 0.471. The maximum atomic E-state index is 5.83. The Morgan fingerprint density at radius 1 is 1.41 bits per heavy atom. The summed E-state index contributed by atoms with van der Waals surface area (Å²) in [6.45, 7) is 4.12. The molecule has 0 aromatic carbocycles. The van der Waals surface area contributed by atoms with Crippen LogP contribution in [0.1, 0.15) is 25.5 Å². The monoisotopic (exact) mass is 251 g/mol. The van der Waals surface area contributed by atoms with E-state index in [9.17, 15) is 0 Å². The van der Waals surface area contributed by atoms with E-state index in [1.54, 1.807) is 18.6 Å². The van der Waals surface area contributed by atoms with Gasteiger partial charge in [0.05, 0.1) is 24.5 Å². The van der Waals surface area contributed by atoms with E-state index in [-0.39, 0.29) is 0 Å². The predicted octanol–water partition coefficient (Wildman–Crippen LogP) is 3.39. The Morgan fingerprint density at radius 2 is 2.24 bits per heavy atom. The number of rotatable bonds is 4. The molecule has 0 saturated heterocycles. The van der Waals surface area contributed by atoms with Crippen LogP contribution in [0.15, 0.2) is 30.9 Å². The van der Waals surface area contributed by atoms with Crippen molar-refractivity contribution in [2.45, 2.75) is 25.8 Å². The van der Waals surface area contributed by atoms with E-state index in [0.29, 0.717) is 23.4 Å². The minimum atomic E-state index is 0.314. The van der Waals surface area contributed by atoms with Crippen molar-refractivity contribution in [2.24, 2.45) is 0 Å². The molecule has 5 heteroatoms. The van der Waals surface area contributed by atoms with Gasteiger partial charge in [0.15, 0.2) is 5.75 Å². The fraction of sp³-hybridized carbons (Fsp3) is 0.333. The van der Waals surface area contributed by atoms with Crippen LogP contribution in [0.2, 0.25) is 0 Å². The smallest absolute Gasteiger partial charge is 0.165 e. The SMILES string of the molecule is CC(C)n1cc(Oc2cnccc2CCl)cn1. The van der Waals surface area contributed by atoms with Gasteiger partial charge in [0.25, 0.3) is 0 Å². The molecule has 0 aliphatic carbocycles. The van der Waals surface area contributed by atoms with Crippen LogP contribution < -0.4 is 4.74 Å². The molecule has 2 rings (SSSR count). The highest BCUT2D eigenvalue weighted by molar-refractivity contribution is 6.17. The third-order valence-corrected chi connectivity index (χ3v) is 2.64. The molecule has 0 fully saturated rings. The largest absolute Gasteiger partial charge is 0.452 e. The molecule has 2 heterocycles. The summed E-state index contributed by atoms with van der Waals surface area (Å²) in [5.74, 6) is 1.76. The summed E-state index contributed by atoms with van der Waals surface area (Å²) in [4.78, 5) is 4.02. The quantitative estimate of drug-likeness (QED) is 0.782. The summed E-state index contributed by atoms with van der Waals surface area (Å²) < 4.78 is 7.54. The molecule has 0 aliphatic rings. The van der Waals surface area contributed by atoms with Crippen molar-refractivity contribution in [1.82, 2.24) is 14.8 Å². The number of hydrogen-bond donors (Lipinski definition) is 0. The molecule has 0 N–H and O–H groups in total. The summed E-state index contributed by atoms with van der Waals surface area (Å²) in [5, 5.41) is 4.21. The first kappa shape index (κ1) is 11.9. The van der Waals surface area contributed by atoms with Gasteiger partial charge in [-0.1, -0.05) is 0 Å². The first-order chi connectivity index (χ1) is 8.20. The highest BCUT2D eigenvalue weighted by atomic mass is 35.5. The van der Waals surface area contributed by atoms with E-state index in [1.807, 2.05) is 16.9 Å². The molecule has 0 aliphatic heterocycles. The molecule has 0 radical (unpaired) electrons. The second-order valence-electron chi connectivity index (χ2n) is 3.97. The van der Waals surface area contributed by atoms with Crippen molar-refractivity contribution in [3.05, 3.63) is 36.4 Å². The minimum absolute atomic E-state index is 0.314. The van der Waals surface area contributed by atoms with Gasteiger partial charge in [-0.3, -0.25) is 9.67 Å². The van der Waals surface area contributed by atoms with Crippen LogP contribution in [0.25, 0.3) is 0 Å². The van der Waals surface area contributed by atoms with Crippen LogP contribution in [0.5, 0.6) is 11.5 Å².